The fourth-order valence-electron chi connectivity index (χ4n) is 5.10. The van der Waals surface area contributed by atoms with Crippen molar-refractivity contribution < 1.29 is 0 Å². The molecule has 0 aromatic rings. The fraction of sp³-hybridized carbons (Fsp3) is 0.450. The van der Waals surface area contributed by atoms with Gasteiger partial charge in [0.15, 0.2) is 0 Å². The van der Waals surface area contributed by atoms with Crippen molar-refractivity contribution in [1.82, 2.24) is 0 Å². The summed E-state index contributed by atoms with van der Waals surface area (Å²) in [7, 11) is 0. The average molecular weight is 537 g/mol. The zero-order valence-electron chi connectivity index (χ0n) is 26.8. The molecular formula is C40H56. The monoisotopic (exact) mass is 536 g/mol. The van der Waals surface area contributed by atoms with Crippen molar-refractivity contribution in [3.8, 4) is 11.1 Å². The molecule has 0 saturated carbocycles. The summed E-state index contributed by atoms with van der Waals surface area (Å²) in [6.45, 7) is 15.8. The van der Waals surface area contributed by atoms with E-state index in [2.05, 4.69) is 127 Å². The molecule has 0 atom stereocenters. The quantitative estimate of drug-likeness (QED) is 0.139. The second-order valence-electron chi connectivity index (χ2n) is 12.1. The van der Waals surface area contributed by atoms with Gasteiger partial charge in [0.25, 0.3) is 0 Å². The van der Waals surface area contributed by atoms with E-state index in [-0.39, 0.29) is 0 Å². The normalized spacial score (nSPS) is 13.7. The summed E-state index contributed by atoms with van der Waals surface area (Å²) in [5.74, 6) is 0. The molecule has 0 spiro atoms. The predicted octanol–water partition coefficient (Wildman–Crippen LogP) is 12.9. The summed E-state index contributed by atoms with van der Waals surface area (Å²) in [6, 6.07) is 15.4. The molecule has 0 heteroatoms. The SMILES string of the molecule is CC(C)=CCC/C(C)=C/CC/C(C)=C/CC/C=C(\C)CC/C=C(\C)CCC=C(C)Cc1ccc2cccccc1-2. The van der Waals surface area contributed by atoms with Crippen LogP contribution in [0.3, 0.4) is 0 Å². The van der Waals surface area contributed by atoms with Crippen LogP contribution in [0.5, 0.6) is 0 Å². The summed E-state index contributed by atoms with van der Waals surface area (Å²) in [6.07, 6.45) is 27.2. The van der Waals surface area contributed by atoms with E-state index in [1.54, 1.807) is 0 Å². The van der Waals surface area contributed by atoms with Crippen LogP contribution in [0.4, 0.5) is 0 Å². The van der Waals surface area contributed by atoms with Gasteiger partial charge in [-0.2, -0.15) is 0 Å². The maximum atomic E-state index is 2.45. The molecule has 0 radical (unpaired) electrons. The highest BCUT2D eigenvalue weighted by Crippen LogP contribution is 2.28. The second kappa shape index (κ2) is 19.3. The van der Waals surface area contributed by atoms with E-state index in [1.165, 1.54) is 82.2 Å². The smallest absolute Gasteiger partial charge is 0.00637 e. The number of fused-ring (bicyclic) bond motifs is 1. The Morgan fingerprint density at radius 3 is 1.43 bits per heavy atom. The van der Waals surface area contributed by atoms with Gasteiger partial charge in [0.2, 0.25) is 0 Å². The first-order chi connectivity index (χ1) is 19.2. The molecule has 40 heavy (non-hydrogen) atoms. The minimum absolute atomic E-state index is 1.04. The maximum Gasteiger partial charge on any atom is -0.00637 e. The molecule has 0 N–H and O–H groups in total. The van der Waals surface area contributed by atoms with Gasteiger partial charge in [-0.05, 0) is 136 Å². The molecule has 2 aliphatic carbocycles. The van der Waals surface area contributed by atoms with E-state index in [4.69, 9.17) is 0 Å². The van der Waals surface area contributed by atoms with E-state index in [1.807, 2.05) is 0 Å². The minimum atomic E-state index is 1.04. The van der Waals surface area contributed by atoms with Gasteiger partial charge in [0.1, 0.15) is 0 Å². The molecule has 0 nitrogen and oxygen atoms in total. The van der Waals surface area contributed by atoms with Crippen molar-refractivity contribution >= 4 is 0 Å². The van der Waals surface area contributed by atoms with Crippen LogP contribution in [0.1, 0.15) is 118 Å². The summed E-state index contributed by atoms with van der Waals surface area (Å²) in [5, 5.41) is 0. The topological polar surface area (TPSA) is 0 Å². The number of unbranched alkanes of at least 4 members (excludes halogenated alkanes) is 1. The number of hydrogen-bond acceptors (Lipinski definition) is 0. The second-order valence-corrected chi connectivity index (χ2v) is 12.1. The lowest BCUT2D eigenvalue weighted by Gasteiger charge is -2.04. The van der Waals surface area contributed by atoms with Crippen molar-refractivity contribution in [2.75, 3.05) is 0 Å². The molecule has 0 heterocycles. The predicted molar refractivity (Wildman–Crippen MR) is 181 cm³/mol. The highest BCUT2D eigenvalue weighted by molar-refractivity contribution is 5.70. The zero-order chi connectivity index (χ0) is 29.2. The third-order valence-electron chi connectivity index (χ3n) is 7.69. The van der Waals surface area contributed by atoms with Gasteiger partial charge in [0, 0.05) is 0 Å². The molecule has 0 amide bonds. The van der Waals surface area contributed by atoms with Gasteiger partial charge < -0.3 is 0 Å². The van der Waals surface area contributed by atoms with E-state index in [0.29, 0.717) is 0 Å². The molecule has 0 aromatic carbocycles. The van der Waals surface area contributed by atoms with Crippen molar-refractivity contribution in [3.05, 3.63) is 118 Å². The Kier molecular flexibility index (Phi) is 16.1. The molecule has 0 aromatic heterocycles. The van der Waals surface area contributed by atoms with Crippen LogP contribution >= 0.6 is 0 Å². The van der Waals surface area contributed by atoms with E-state index < -0.39 is 0 Å². The van der Waals surface area contributed by atoms with Crippen molar-refractivity contribution in [2.24, 2.45) is 0 Å². The summed E-state index contributed by atoms with van der Waals surface area (Å²) < 4.78 is 0. The third kappa shape index (κ3) is 14.5. The van der Waals surface area contributed by atoms with Crippen LogP contribution in [0.15, 0.2) is 112 Å². The Labute approximate surface area is 247 Å². The first-order valence-electron chi connectivity index (χ1n) is 15.6. The van der Waals surface area contributed by atoms with Gasteiger partial charge in [-0.1, -0.05) is 112 Å². The summed E-state index contributed by atoms with van der Waals surface area (Å²) >= 11 is 0. The highest BCUT2D eigenvalue weighted by atomic mass is 14.1. The third-order valence-corrected chi connectivity index (χ3v) is 7.69. The fourth-order valence-corrected chi connectivity index (χ4v) is 5.10. The van der Waals surface area contributed by atoms with Gasteiger partial charge in [-0.15, -0.1) is 0 Å². The molecule has 0 unspecified atom stereocenters. The Morgan fingerprint density at radius 1 is 0.450 bits per heavy atom. The number of hydrogen-bond donors (Lipinski definition) is 0. The summed E-state index contributed by atoms with van der Waals surface area (Å²) in [4.78, 5) is 0. The zero-order valence-corrected chi connectivity index (χ0v) is 26.8. The van der Waals surface area contributed by atoms with Crippen molar-refractivity contribution in [2.45, 2.75) is 119 Å². The van der Waals surface area contributed by atoms with Crippen molar-refractivity contribution in [3.63, 3.8) is 0 Å². The molecule has 0 fully saturated rings. The van der Waals surface area contributed by atoms with Gasteiger partial charge in [-0.3, -0.25) is 0 Å². The lowest BCUT2D eigenvalue weighted by atomic mass is 10.0. The molecule has 0 saturated heterocycles. The van der Waals surface area contributed by atoms with Crippen LogP contribution in [0.25, 0.3) is 11.1 Å². The number of rotatable bonds is 17. The van der Waals surface area contributed by atoms with E-state index >= 15 is 0 Å². The van der Waals surface area contributed by atoms with Crippen LogP contribution in [0, 0.1) is 0 Å². The molecule has 2 aliphatic rings. The Balaban J connectivity index is 1.62. The standard InChI is InChI=1S/C40H56/c1-32(2)17-13-20-35(5)23-14-21-33(3)18-11-12-19-34(4)22-15-24-36(6)25-16-26-37(7)31-39-30-29-38-27-9-8-10-28-40(38)39/h8-10,17-19,23-24,26-30H,11-16,20-22,25,31H2,1-7H3/b33-18+,34-19+,35-23+,36-24+,37-26?. The van der Waals surface area contributed by atoms with E-state index in [0.717, 1.165) is 38.5 Å². The maximum absolute atomic E-state index is 2.45. The Hall–Kier alpha value is -2.86. The average Bonchev–Trinajstić information content (AvgIpc) is 3.11. The highest BCUT2D eigenvalue weighted by Gasteiger charge is 2.07. The lowest BCUT2D eigenvalue weighted by molar-refractivity contribution is 0.895. The molecule has 0 aliphatic heterocycles. The molecule has 2 rings (SSSR count). The Bertz CT molecular complexity index is 1170. The first kappa shape index (κ1) is 33.3. The Morgan fingerprint density at radius 2 is 0.900 bits per heavy atom. The minimum Gasteiger partial charge on any atom is -0.0856 e. The van der Waals surface area contributed by atoms with Crippen LogP contribution in [-0.4, -0.2) is 0 Å². The van der Waals surface area contributed by atoms with Gasteiger partial charge in [0.05, 0.1) is 0 Å². The van der Waals surface area contributed by atoms with Crippen molar-refractivity contribution in [1.29, 1.82) is 0 Å². The van der Waals surface area contributed by atoms with Gasteiger partial charge >= 0.3 is 0 Å². The lowest BCUT2D eigenvalue weighted by Crippen LogP contribution is -1.87. The largest absolute Gasteiger partial charge is 0.0856 e. The van der Waals surface area contributed by atoms with Crippen LogP contribution < -0.4 is 0 Å². The number of allylic oxidation sites excluding steroid dienone is 12. The summed E-state index contributed by atoms with van der Waals surface area (Å²) in [5.41, 5.74) is 13.1. The molecule has 0 bridgehead atoms. The first-order valence-corrected chi connectivity index (χ1v) is 15.6. The van der Waals surface area contributed by atoms with E-state index in [9.17, 15) is 0 Å². The molecule has 216 valence electrons. The van der Waals surface area contributed by atoms with Crippen LogP contribution in [-0.2, 0) is 6.42 Å². The van der Waals surface area contributed by atoms with Gasteiger partial charge in [-0.25, -0.2) is 0 Å². The molecular weight excluding hydrogens is 480 g/mol. The van der Waals surface area contributed by atoms with Crippen LogP contribution in [0.2, 0.25) is 0 Å².